The van der Waals surface area contributed by atoms with Crippen molar-refractivity contribution < 1.29 is 29.2 Å². The molecule has 0 fully saturated rings. The van der Waals surface area contributed by atoms with Gasteiger partial charge in [0.15, 0.2) is 16.8 Å². The van der Waals surface area contributed by atoms with Crippen LogP contribution in [0, 0.1) is 11.6 Å². The number of rotatable bonds is 9. The molecule has 2 aromatic rings. The van der Waals surface area contributed by atoms with Gasteiger partial charge in [0.2, 0.25) is 0 Å². The third-order valence-corrected chi connectivity index (χ3v) is 5.09. The quantitative estimate of drug-likeness (QED) is 0.167. The van der Waals surface area contributed by atoms with E-state index in [1.165, 1.54) is 18.2 Å². The molecule has 0 spiro atoms. The molecule has 0 unspecified atom stereocenters. The standard InChI is InChI=1S/C15H16ClF2N3O2S.C4H11NO2.ClH/c1-8(11(23)6-22)19-13-5-12(16)20-15(21-13)24-7-9-3-2-4-10(17)14(9)18;1-3(5)4(7)2-6;/h2-5,8,11,22-23H,6-7H2,1H3,(H,19,20,21);3-4,6-7H,2,5H2,1H3;1H/t8-,11+;3-,4+;/m11./s1. The number of nitrogens with one attached hydrogen (secondary N) is 1. The van der Waals surface area contributed by atoms with E-state index in [2.05, 4.69) is 15.3 Å². The average molecular weight is 517 g/mol. The lowest BCUT2D eigenvalue weighted by molar-refractivity contribution is 0.0789. The van der Waals surface area contributed by atoms with Crippen molar-refractivity contribution in [3.05, 3.63) is 46.6 Å². The van der Waals surface area contributed by atoms with Gasteiger partial charge < -0.3 is 31.5 Å². The highest BCUT2D eigenvalue weighted by molar-refractivity contribution is 7.98. The molecule has 13 heteroatoms. The summed E-state index contributed by atoms with van der Waals surface area (Å²) in [5.41, 5.74) is 5.33. The summed E-state index contributed by atoms with van der Waals surface area (Å²) in [4.78, 5) is 8.23. The highest BCUT2D eigenvalue weighted by Crippen LogP contribution is 2.25. The van der Waals surface area contributed by atoms with E-state index in [0.29, 0.717) is 5.82 Å². The number of anilines is 1. The first kappa shape index (κ1) is 30.7. The summed E-state index contributed by atoms with van der Waals surface area (Å²) < 4.78 is 26.8. The molecule has 0 amide bonds. The maximum absolute atomic E-state index is 13.6. The molecule has 0 saturated carbocycles. The van der Waals surface area contributed by atoms with Crippen LogP contribution in [-0.4, -0.2) is 67.9 Å². The molecule has 0 radical (unpaired) electrons. The predicted octanol–water partition coefficient (Wildman–Crippen LogP) is 1.96. The fourth-order valence-corrected chi connectivity index (χ4v) is 3.06. The number of nitrogens with two attached hydrogens (primary N) is 1. The molecule has 7 N–H and O–H groups in total. The normalized spacial score (nSPS) is 14.3. The van der Waals surface area contributed by atoms with Crippen LogP contribution in [0.2, 0.25) is 5.15 Å². The van der Waals surface area contributed by atoms with Crippen LogP contribution >= 0.6 is 35.8 Å². The Morgan fingerprint density at radius 1 is 1.12 bits per heavy atom. The van der Waals surface area contributed by atoms with Crippen LogP contribution in [0.3, 0.4) is 0 Å². The summed E-state index contributed by atoms with van der Waals surface area (Å²) in [5.74, 6) is -1.31. The topological polar surface area (TPSA) is 145 Å². The summed E-state index contributed by atoms with van der Waals surface area (Å²) in [6, 6.07) is 4.64. The Morgan fingerprint density at radius 2 is 1.75 bits per heavy atom. The third kappa shape index (κ3) is 10.5. The number of hydrogen-bond donors (Lipinski definition) is 6. The molecular weight excluding hydrogens is 489 g/mol. The van der Waals surface area contributed by atoms with Crippen molar-refractivity contribution in [2.75, 3.05) is 18.5 Å². The minimum atomic E-state index is -0.962. The van der Waals surface area contributed by atoms with E-state index in [1.54, 1.807) is 13.8 Å². The van der Waals surface area contributed by atoms with Crippen molar-refractivity contribution in [1.29, 1.82) is 0 Å². The van der Waals surface area contributed by atoms with Crippen molar-refractivity contribution in [2.45, 2.75) is 49.0 Å². The maximum atomic E-state index is 13.6. The number of aromatic nitrogens is 2. The molecule has 1 aromatic carbocycles. The van der Waals surface area contributed by atoms with E-state index in [-0.39, 0.29) is 46.7 Å². The van der Waals surface area contributed by atoms with Gasteiger partial charge in [-0.05, 0) is 19.9 Å². The third-order valence-electron chi connectivity index (χ3n) is 4.00. The molecular formula is C19H28Cl2F2N4O4S. The molecule has 1 heterocycles. The molecule has 32 heavy (non-hydrogen) atoms. The zero-order valence-corrected chi connectivity index (χ0v) is 19.8. The lowest BCUT2D eigenvalue weighted by atomic mass is 10.2. The Hall–Kier alpha value is -1.31. The minimum absolute atomic E-state index is 0. The first-order chi connectivity index (χ1) is 14.6. The lowest BCUT2D eigenvalue weighted by Gasteiger charge is -2.19. The van der Waals surface area contributed by atoms with Crippen LogP contribution in [0.1, 0.15) is 19.4 Å². The van der Waals surface area contributed by atoms with Crippen LogP contribution in [0.5, 0.6) is 0 Å². The zero-order chi connectivity index (χ0) is 23.6. The van der Waals surface area contributed by atoms with E-state index in [4.69, 9.17) is 32.7 Å². The highest BCUT2D eigenvalue weighted by Gasteiger charge is 2.15. The number of aliphatic hydroxyl groups excluding tert-OH is 4. The SMILES string of the molecule is C[C@@H](N)[C@@H](O)CO.C[C@@H](Nc1cc(Cl)nc(SCc2cccc(F)c2F)n1)[C@@H](O)CO.Cl. The second kappa shape index (κ2) is 15.5. The van der Waals surface area contributed by atoms with Gasteiger partial charge in [-0.1, -0.05) is 35.5 Å². The zero-order valence-electron chi connectivity index (χ0n) is 17.5. The number of aliphatic hydroxyl groups is 4. The Morgan fingerprint density at radius 3 is 2.28 bits per heavy atom. The van der Waals surface area contributed by atoms with Gasteiger partial charge in [0.05, 0.1) is 31.5 Å². The van der Waals surface area contributed by atoms with E-state index < -0.39 is 36.5 Å². The maximum Gasteiger partial charge on any atom is 0.191 e. The summed E-state index contributed by atoms with van der Waals surface area (Å²) in [7, 11) is 0. The Balaban J connectivity index is 0.00000104. The Labute approximate surface area is 200 Å². The number of nitrogens with zero attached hydrogens (tertiary/aromatic N) is 2. The van der Waals surface area contributed by atoms with Gasteiger partial charge in [0, 0.05) is 23.4 Å². The Bertz CT molecular complexity index is 827. The second-order valence-corrected chi connectivity index (χ2v) is 7.98. The number of hydrogen-bond acceptors (Lipinski definition) is 9. The minimum Gasteiger partial charge on any atom is -0.394 e. The van der Waals surface area contributed by atoms with E-state index in [9.17, 15) is 13.9 Å². The molecule has 0 saturated heterocycles. The van der Waals surface area contributed by atoms with Gasteiger partial charge in [-0.3, -0.25) is 0 Å². The van der Waals surface area contributed by atoms with Crippen molar-refractivity contribution in [2.24, 2.45) is 5.73 Å². The van der Waals surface area contributed by atoms with Crippen molar-refractivity contribution >= 4 is 41.6 Å². The molecule has 0 aliphatic heterocycles. The fourth-order valence-electron chi connectivity index (χ4n) is 1.99. The van der Waals surface area contributed by atoms with Crippen molar-refractivity contribution in [1.82, 2.24) is 9.97 Å². The fraction of sp³-hybridized carbons (Fsp3) is 0.474. The number of thioether (sulfide) groups is 1. The second-order valence-electron chi connectivity index (χ2n) is 6.65. The summed E-state index contributed by atoms with van der Waals surface area (Å²) >= 11 is 7.04. The molecule has 0 aliphatic rings. The van der Waals surface area contributed by atoms with Crippen molar-refractivity contribution in [3.63, 3.8) is 0 Å². The van der Waals surface area contributed by atoms with Crippen molar-refractivity contribution in [3.8, 4) is 0 Å². The molecule has 2 rings (SSSR count). The van der Waals surface area contributed by atoms with Gasteiger partial charge >= 0.3 is 0 Å². The molecule has 8 nitrogen and oxygen atoms in total. The monoisotopic (exact) mass is 516 g/mol. The number of halogens is 4. The van der Waals surface area contributed by atoms with Crippen LogP contribution in [-0.2, 0) is 5.75 Å². The van der Waals surface area contributed by atoms with Gasteiger partial charge in [-0.25, -0.2) is 18.7 Å². The molecule has 4 atom stereocenters. The summed E-state index contributed by atoms with van der Waals surface area (Å²) in [6.07, 6.45) is -1.73. The van der Waals surface area contributed by atoms with Crippen LogP contribution in [0.15, 0.2) is 29.4 Å². The molecule has 182 valence electrons. The highest BCUT2D eigenvalue weighted by atomic mass is 35.5. The molecule has 1 aromatic heterocycles. The first-order valence-electron chi connectivity index (χ1n) is 9.29. The molecule has 0 aliphatic carbocycles. The summed E-state index contributed by atoms with van der Waals surface area (Å²) in [5, 5.41) is 38.6. The van der Waals surface area contributed by atoms with E-state index in [1.807, 2.05) is 0 Å². The van der Waals surface area contributed by atoms with Crippen LogP contribution < -0.4 is 11.1 Å². The van der Waals surface area contributed by atoms with Crippen LogP contribution in [0.4, 0.5) is 14.6 Å². The predicted molar refractivity (Wildman–Crippen MR) is 123 cm³/mol. The number of benzene rings is 1. The van der Waals surface area contributed by atoms with E-state index >= 15 is 0 Å². The lowest BCUT2D eigenvalue weighted by Crippen LogP contribution is -2.33. The van der Waals surface area contributed by atoms with Gasteiger partial charge in [0.25, 0.3) is 0 Å². The smallest absolute Gasteiger partial charge is 0.191 e. The van der Waals surface area contributed by atoms with Gasteiger partial charge in [-0.2, -0.15) is 0 Å². The largest absolute Gasteiger partial charge is 0.394 e. The van der Waals surface area contributed by atoms with Gasteiger partial charge in [-0.15, -0.1) is 12.4 Å². The first-order valence-corrected chi connectivity index (χ1v) is 10.7. The van der Waals surface area contributed by atoms with Gasteiger partial charge in [0.1, 0.15) is 11.0 Å². The Kier molecular flexibility index (Phi) is 14.9. The van der Waals surface area contributed by atoms with Crippen LogP contribution in [0.25, 0.3) is 0 Å². The van der Waals surface area contributed by atoms with E-state index in [0.717, 1.165) is 17.8 Å². The summed E-state index contributed by atoms with van der Waals surface area (Å²) in [6.45, 7) is 2.66. The molecule has 0 bridgehead atoms. The average Bonchev–Trinajstić information content (AvgIpc) is 2.73.